The predicted octanol–water partition coefficient (Wildman–Crippen LogP) is 6.37. The summed E-state index contributed by atoms with van der Waals surface area (Å²) >= 11 is 0. The molecule has 0 bridgehead atoms. The molecule has 3 nitrogen and oxygen atoms in total. The molecule has 0 spiro atoms. The van der Waals surface area contributed by atoms with Crippen molar-refractivity contribution in [3.05, 3.63) is 84.0 Å². The number of methoxy groups -OCH3 is 1. The minimum Gasteiger partial charge on any atom is -0.497 e. The molecular weight excluding hydrogens is 358 g/mol. The van der Waals surface area contributed by atoms with E-state index in [0.717, 1.165) is 0 Å². The Morgan fingerprint density at radius 1 is 1.18 bits per heavy atom. The largest absolute Gasteiger partial charge is 0.497 e. The number of allylic oxidation sites excluding steroid dienone is 3. The number of aryl methyl sites for hydroxylation is 1. The molecule has 0 aliphatic heterocycles. The number of amidine groups is 1. The topological polar surface area (TPSA) is 34.0 Å². The van der Waals surface area contributed by atoms with E-state index in [-0.39, 0.29) is 17.1 Å². The first-order chi connectivity index (χ1) is 13.4. The zero-order chi connectivity index (χ0) is 20.7. The summed E-state index contributed by atoms with van der Waals surface area (Å²) in [5.74, 6) is -0.555. The lowest BCUT2D eigenvalue weighted by molar-refractivity contribution is 0.411. The second-order valence-electron chi connectivity index (χ2n) is 5.92. The van der Waals surface area contributed by atoms with E-state index in [1.54, 1.807) is 43.4 Å². The quantitative estimate of drug-likeness (QED) is 0.326. The first-order valence-electron chi connectivity index (χ1n) is 8.60. The molecule has 0 aliphatic rings. The smallest absolute Gasteiger partial charge is 0.159 e. The Balaban J connectivity index is 2.67. The van der Waals surface area contributed by atoms with Gasteiger partial charge in [0.2, 0.25) is 0 Å². The average Bonchev–Trinajstić information content (AvgIpc) is 2.69. The van der Waals surface area contributed by atoms with Crippen LogP contribution in [0.2, 0.25) is 0 Å². The summed E-state index contributed by atoms with van der Waals surface area (Å²) in [6.45, 7) is 10.9. The fourth-order valence-corrected chi connectivity index (χ4v) is 2.59. The molecule has 0 radical (unpaired) electrons. The van der Waals surface area contributed by atoms with Gasteiger partial charge in [0.05, 0.1) is 7.11 Å². The minimum atomic E-state index is -0.580. The zero-order valence-electron chi connectivity index (χ0n) is 16.2. The highest BCUT2D eigenvalue weighted by atomic mass is 19.1. The summed E-state index contributed by atoms with van der Waals surface area (Å²) in [6, 6.07) is 7.36. The number of hydrogen-bond acceptors (Lipinski definition) is 2. The van der Waals surface area contributed by atoms with E-state index < -0.39 is 11.6 Å². The van der Waals surface area contributed by atoms with Crippen LogP contribution in [0.25, 0.3) is 11.1 Å². The van der Waals surface area contributed by atoms with Crippen molar-refractivity contribution in [2.45, 2.75) is 13.8 Å². The van der Waals surface area contributed by atoms with Crippen LogP contribution in [0.3, 0.4) is 0 Å². The third-order valence-electron chi connectivity index (χ3n) is 4.05. The monoisotopic (exact) mass is 380 g/mol. The van der Waals surface area contributed by atoms with Crippen LogP contribution in [0.5, 0.6) is 5.75 Å². The van der Waals surface area contributed by atoms with Gasteiger partial charge in [0.15, 0.2) is 11.7 Å². The third kappa shape index (κ3) is 4.68. The number of rotatable bonds is 6. The SMILES string of the molecule is C=C/C(=C\C=C/C)C(N=C)=Nc1c(C)ccc(-c2cc(F)cc(OC)c2)c1F. The Kier molecular flexibility index (Phi) is 7.15. The molecule has 28 heavy (non-hydrogen) atoms. The van der Waals surface area contributed by atoms with Gasteiger partial charge in [-0.2, -0.15) is 0 Å². The molecule has 0 saturated heterocycles. The van der Waals surface area contributed by atoms with Gasteiger partial charge >= 0.3 is 0 Å². The Morgan fingerprint density at radius 3 is 2.54 bits per heavy atom. The van der Waals surface area contributed by atoms with Crippen LogP contribution in [0, 0.1) is 18.6 Å². The van der Waals surface area contributed by atoms with Crippen LogP contribution >= 0.6 is 0 Å². The van der Waals surface area contributed by atoms with Gasteiger partial charge in [-0.1, -0.05) is 43.0 Å². The number of ether oxygens (including phenoxy) is 1. The van der Waals surface area contributed by atoms with Crippen LogP contribution in [0.15, 0.2) is 76.8 Å². The van der Waals surface area contributed by atoms with Gasteiger partial charge in [0.25, 0.3) is 0 Å². The first kappa shape index (κ1) is 21.0. The number of halogens is 2. The van der Waals surface area contributed by atoms with Crippen molar-refractivity contribution in [1.29, 1.82) is 0 Å². The van der Waals surface area contributed by atoms with Gasteiger partial charge in [-0.25, -0.2) is 18.8 Å². The summed E-state index contributed by atoms with van der Waals surface area (Å²) < 4.78 is 34.3. The van der Waals surface area contributed by atoms with E-state index >= 15 is 4.39 Å². The molecule has 0 aliphatic carbocycles. The van der Waals surface area contributed by atoms with Crippen LogP contribution in [0.4, 0.5) is 14.5 Å². The molecule has 5 heteroatoms. The van der Waals surface area contributed by atoms with Crippen molar-refractivity contribution in [3.8, 4) is 16.9 Å². The molecule has 0 unspecified atom stereocenters. The maximum absolute atomic E-state index is 15.3. The molecule has 0 saturated carbocycles. The van der Waals surface area contributed by atoms with Crippen LogP contribution in [-0.4, -0.2) is 19.7 Å². The van der Waals surface area contributed by atoms with E-state index in [2.05, 4.69) is 23.3 Å². The summed E-state index contributed by atoms with van der Waals surface area (Å²) in [5, 5.41) is 0. The van der Waals surface area contributed by atoms with Crippen molar-refractivity contribution in [3.63, 3.8) is 0 Å². The third-order valence-corrected chi connectivity index (χ3v) is 4.05. The Morgan fingerprint density at radius 2 is 1.93 bits per heavy atom. The van der Waals surface area contributed by atoms with Gasteiger partial charge < -0.3 is 4.74 Å². The van der Waals surface area contributed by atoms with E-state index in [4.69, 9.17) is 4.74 Å². The van der Waals surface area contributed by atoms with Crippen molar-refractivity contribution in [2.75, 3.05) is 7.11 Å². The number of nitrogens with zero attached hydrogens (tertiary/aromatic N) is 2. The standard InChI is InChI=1S/C23H22F2N2O/c1-6-8-9-16(7-2)23(26-4)27-22-15(3)10-11-20(21(22)25)17-12-18(24)14-19(13-17)28-5/h6-14H,2,4H2,1,3,5H3/b8-6-,16-9+,27-23?. The maximum atomic E-state index is 15.3. The van der Waals surface area contributed by atoms with Crippen molar-refractivity contribution >= 4 is 18.2 Å². The zero-order valence-corrected chi connectivity index (χ0v) is 16.2. The molecule has 2 rings (SSSR count). The van der Waals surface area contributed by atoms with E-state index in [0.29, 0.717) is 22.4 Å². The second kappa shape index (κ2) is 9.55. The van der Waals surface area contributed by atoms with Crippen molar-refractivity contribution in [1.82, 2.24) is 0 Å². The lowest BCUT2D eigenvalue weighted by Gasteiger charge is -2.11. The molecule has 0 fully saturated rings. The fourth-order valence-electron chi connectivity index (χ4n) is 2.59. The second-order valence-corrected chi connectivity index (χ2v) is 5.92. The van der Waals surface area contributed by atoms with Gasteiger partial charge in [-0.05, 0) is 43.8 Å². The van der Waals surface area contributed by atoms with Crippen molar-refractivity contribution < 1.29 is 13.5 Å². The summed E-state index contributed by atoms with van der Waals surface area (Å²) in [4.78, 5) is 8.28. The highest BCUT2D eigenvalue weighted by molar-refractivity contribution is 6.05. The molecule has 0 N–H and O–H groups in total. The van der Waals surface area contributed by atoms with E-state index in [1.807, 2.05) is 13.0 Å². The molecule has 0 heterocycles. The summed E-state index contributed by atoms with van der Waals surface area (Å²) in [5.41, 5.74) is 1.89. The predicted molar refractivity (Wildman–Crippen MR) is 113 cm³/mol. The maximum Gasteiger partial charge on any atom is 0.159 e. The highest BCUT2D eigenvalue weighted by Gasteiger charge is 2.15. The number of hydrogen-bond donors (Lipinski definition) is 0. The number of benzene rings is 2. The first-order valence-corrected chi connectivity index (χ1v) is 8.60. The Hall–Kier alpha value is -3.34. The lowest BCUT2D eigenvalue weighted by Crippen LogP contribution is -1.98. The number of aliphatic imine (C=N–C) groups is 2. The molecular formula is C23H22F2N2O. The average molecular weight is 380 g/mol. The molecule has 2 aromatic carbocycles. The molecule has 0 amide bonds. The molecule has 2 aromatic rings. The van der Waals surface area contributed by atoms with Crippen molar-refractivity contribution in [2.24, 2.45) is 9.98 Å². The highest BCUT2D eigenvalue weighted by Crippen LogP contribution is 2.34. The Labute approximate surface area is 164 Å². The Bertz CT molecular complexity index is 988. The lowest BCUT2D eigenvalue weighted by atomic mass is 10.0. The normalized spacial score (nSPS) is 12.3. The van der Waals surface area contributed by atoms with Crippen LogP contribution in [0.1, 0.15) is 12.5 Å². The van der Waals surface area contributed by atoms with E-state index in [1.165, 1.54) is 19.2 Å². The van der Waals surface area contributed by atoms with E-state index in [9.17, 15) is 4.39 Å². The van der Waals surface area contributed by atoms with Crippen LogP contribution in [-0.2, 0) is 0 Å². The van der Waals surface area contributed by atoms with Gasteiger partial charge in [-0.15, -0.1) is 0 Å². The molecule has 0 atom stereocenters. The van der Waals surface area contributed by atoms with Gasteiger partial charge in [0, 0.05) is 17.2 Å². The molecule has 144 valence electrons. The van der Waals surface area contributed by atoms with Crippen LogP contribution < -0.4 is 4.74 Å². The summed E-state index contributed by atoms with van der Waals surface area (Å²) in [6.07, 6.45) is 6.97. The minimum absolute atomic E-state index is 0.108. The molecule has 0 aromatic heterocycles. The van der Waals surface area contributed by atoms with Gasteiger partial charge in [0.1, 0.15) is 17.3 Å². The van der Waals surface area contributed by atoms with Gasteiger partial charge in [-0.3, -0.25) is 0 Å². The fraction of sp³-hybridized carbons (Fsp3) is 0.130. The summed E-state index contributed by atoms with van der Waals surface area (Å²) in [7, 11) is 1.43.